The maximum Gasteiger partial charge on any atom is 0.163 e. The lowest BCUT2D eigenvalue weighted by Crippen LogP contribution is -2.07. The molecule has 1 aromatic carbocycles. The molecule has 0 spiro atoms. The van der Waals surface area contributed by atoms with Crippen molar-refractivity contribution in [2.75, 3.05) is 6.61 Å². The van der Waals surface area contributed by atoms with Gasteiger partial charge in [-0.2, -0.15) is 5.26 Å². The minimum atomic E-state index is -0.234. The predicted octanol–water partition coefficient (Wildman–Crippen LogP) is 5.04. The van der Waals surface area contributed by atoms with Gasteiger partial charge in [-0.25, -0.2) is 0 Å². The largest absolute Gasteiger partial charge is 0.507 e. The van der Waals surface area contributed by atoms with E-state index in [1.54, 1.807) is 12.1 Å². The molecule has 0 bridgehead atoms. The van der Waals surface area contributed by atoms with Crippen molar-refractivity contribution in [2.24, 2.45) is 5.41 Å². The van der Waals surface area contributed by atoms with Gasteiger partial charge >= 0.3 is 0 Å². The van der Waals surface area contributed by atoms with Crippen LogP contribution in [0.1, 0.15) is 75.7 Å². The number of carbonyl (C=O) groups excluding carboxylic acids is 1. The van der Waals surface area contributed by atoms with Crippen molar-refractivity contribution in [1.82, 2.24) is 0 Å². The number of carbonyl (C=O) groups is 1. The number of phenols is 1. The number of aromatic hydroxyl groups is 1. The molecule has 4 heteroatoms. The lowest BCUT2D eigenvalue weighted by atomic mass is 9.89. The van der Waals surface area contributed by atoms with E-state index in [2.05, 4.69) is 6.07 Å². The van der Waals surface area contributed by atoms with Crippen LogP contribution in [0.2, 0.25) is 0 Å². The molecule has 1 N–H and O–H groups in total. The van der Waals surface area contributed by atoms with Crippen LogP contribution in [0, 0.1) is 16.7 Å². The van der Waals surface area contributed by atoms with Crippen LogP contribution in [-0.4, -0.2) is 17.5 Å². The Bertz CT molecular complexity index is 600. The van der Waals surface area contributed by atoms with Crippen molar-refractivity contribution in [1.29, 1.82) is 5.26 Å². The molecule has 0 unspecified atom stereocenters. The zero-order valence-corrected chi connectivity index (χ0v) is 15.3. The van der Waals surface area contributed by atoms with Gasteiger partial charge < -0.3 is 9.84 Å². The summed E-state index contributed by atoms with van der Waals surface area (Å²) in [5.41, 5.74) is 1.05. The number of ketones is 1. The number of unbranched alkanes of at least 4 members (excludes halogenated alkanes) is 3. The summed E-state index contributed by atoms with van der Waals surface area (Å²) in [6, 6.07) is 5.59. The predicted molar refractivity (Wildman–Crippen MR) is 95.5 cm³/mol. The Morgan fingerprint density at radius 1 is 1.25 bits per heavy atom. The second-order valence-electron chi connectivity index (χ2n) is 6.90. The Labute approximate surface area is 145 Å². The first kappa shape index (κ1) is 20.0. The van der Waals surface area contributed by atoms with E-state index in [0.29, 0.717) is 17.9 Å². The summed E-state index contributed by atoms with van der Waals surface area (Å²) in [6.45, 7) is 7.98. The normalized spacial score (nSPS) is 11.1. The standard InChI is InChI=1S/C20H29NO3/c1-5-16-12-17(15(2)22)18(23)13-19(16)24-11-9-7-6-8-10-20(3,4)14-21/h12-13,23H,5-11H2,1-4H3. The third-order valence-electron chi connectivity index (χ3n) is 4.20. The Morgan fingerprint density at radius 3 is 2.50 bits per heavy atom. The lowest BCUT2D eigenvalue weighted by molar-refractivity contribution is 0.101. The zero-order valence-electron chi connectivity index (χ0n) is 15.3. The van der Waals surface area contributed by atoms with E-state index >= 15 is 0 Å². The smallest absolute Gasteiger partial charge is 0.163 e. The molecule has 132 valence electrons. The highest BCUT2D eigenvalue weighted by atomic mass is 16.5. The highest BCUT2D eigenvalue weighted by Gasteiger charge is 2.15. The number of aryl methyl sites for hydroxylation is 1. The molecule has 0 radical (unpaired) electrons. The lowest BCUT2D eigenvalue weighted by Gasteiger charge is -2.15. The average Bonchev–Trinajstić information content (AvgIpc) is 2.53. The van der Waals surface area contributed by atoms with E-state index in [1.165, 1.54) is 6.92 Å². The number of benzene rings is 1. The van der Waals surface area contributed by atoms with Gasteiger partial charge in [-0.15, -0.1) is 0 Å². The maximum absolute atomic E-state index is 11.5. The topological polar surface area (TPSA) is 70.3 Å². The molecule has 4 nitrogen and oxygen atoms in total. The Hall–Kier alpha value is -2.02. The number of rotatable bonds is 10. The van der Waals surface area contributed by atoms with Gasteiger partial charge in [0, 0.05) is 6.07 Å². The van der Waals surface area contributed by atoms with E-state index in [9.17, 15) is 9.90 Å². The molecule has 0 fully saturated rings. The third kappa shape index (κ3) is 6.23. The van der Waals surface area contributed by atoms with Gasteiger partial charge in [-0.1, -0.05) is 26.2 Å². The van der Waals surface area contributed by atoms with Crippen molar-refractivity contribution in [3.8, 4) is 17.6 Å². The van der Waals surface area contributed by atoms with Crippen LogP contribution < -0.4 is 4.74 Å². The number of phenolic OH excluding ortho intramolecular Hbond substituents is 1. The third-order valence-corrected chi connectivity index (χ3v) is 4.20. The second kappa shape index (κ2) is 9.32. The molecule has 0 saturated carbocycles. The number of Topliss-reactive ketones (excluding diaryl/α,β-unsaturated/α-hetero) is 1. The van der Waals surface area contributed by atoms with Gasteiger partial charge in [-0.3, -0.25) is 4.79 Å². The van der Waals surface area contributed by atoms with Gasteiger partial charge in [0.1, 0.15) is 11.5 Å². The molecule has 0 aliphatic carbocycles. The second-order valence-corrected chi connectivity index (χ2v) is 6.90. The summed E-state index contributed by atoms with van der Waals surface area (Å²) in [6.07, 6.45) is 5.80. The maximum atomic E-state index is 11.5. The summed E-state index contributed by atoms with van der Waals surface area (Å²) in [4.78, 5) is 11.5. The highest BCUT2D eigenvalue weighted by molar-refractivity contribution is 5.97. The molecular weight excluding hydrogens is 302 g/mol. The molecule has 1 rings (SSSR count). The fourth-order valence-electron chi connectivity index (χ4n) is 2.57. The van der Waals surface area contributed by atoms with E-state index in [0.717, 1.165) is 44.1 Å². The van der Waals surface area contributed by atoms with Crippen LogP contribution in [0.15, 0.2) is 12.1 Å². The molecule has 0 amide bonds. The van der Waals surface area contributed by atoms with E-state index in [4.69, 9.17) is 10.00 Å². The Morgan fingerprint density at radius 2 is 1.92 bits per heavy atom. The molecular formula is C20H29NO3. The van der Waals surface area contributed by atoms with E-state index in [-0.39, 0.29) is 16.9 Å². The SMILES string of the molecule is CCc1cc(C(C)=O)c(O)cc1OCCCCCCC(C)(C)C#N. The van der Waals surface area contributed by atoms with Crippen molar-refractivity contribution >= 4 is 5.78 Å². The molecule has 0 saturated heterocycles. The molecule has 1 aromatic rings. The van der Waals surface area contributed by atoms with Gasteiger partial charge in [0.05, 0.1) is 23.7 Å². The quantitative estimate of drug-likeness (QED) is 0.482. The molecule has 0 aliphatic rings. The molecule has 0 heterocycles. The van der Waals surface area contributed by atoms with Crippen LogP contribution in [-0.2, 0) is 6.42 Å². The van der Waals surface area contributed by atoms with Gasteiger partial charge in [0.15, 0.2) is 5.78 Å². The van der Waals surface area contributed by atoms with Gasteiger partial charge in [-0.05, 0) is 51.7 Å². The van der Waals surface area contributed by atoms with Crippen LogP contribution in [0.4, 0.5) is 0 Å². The number of nitrogens with zero attached hydrogens (tertiary/aromatic N) is 1. The van der Waals surface area contributed by atoms with Crippen LogP contribution in [0.25, 0.3) is 0 Å². The number of nitriles is 1. The van der Waals surface area contributed by atoms with Crippen LogP contribution in [0.5, 0.6) is 11.5 Å². The van der Waals surface area contributed by atoms with Gasteiger partial charge in [0.25, 0.3) is 0 Å². The summed E-state index contributed by atoms with van der Waals surface area (Å²) < 4.78 is 5.79. The van der Waals surface area contributed by atoms with Crippen molar-refractivity contribution in [2.45, 2.75) is 66.2 Å². The Kier molecular flexibility index (Phi) is 7.78. The van der Waals surface area contributed by atoms with E-state index < -0.39 is 0 Å². The number of hydrogen-bond acceptors (Lipinski definition) is 4. The molecule has 0 atom stereocenters. The fourth-order valence-corrected chi connectivity index (χ4v) is 2.57. The monoisotopic (exact) mass is 331 g/mol. The first-order valence-corrected chi connectivity index (χ1v) is 8.71. The van der Waals surface area contributed by atoms with Crippen molar-refractivity contribution < 1.29 is 14.6 Å². The minimum Gasteiger partial charge on any atom is -0.507 e. The molecule has 0 aromatic heterocycles. The first-order chi connectivity index (χ1) is 11.3. The molecule has 0 aliphatic heterocycles. The average molecular weight is 331 g/mol. The van der Waals surface area contributed by atoms with Crippen molar-refractivity contribution in [3.63, 3.8) is 0 Å². The fraction of sp³-hybridized carbons (Fsp3) is 0.600. The number of ether oxygens (including phenoxy) is 1. The van der Waals surface area contributed by atoms with Gasteiger partial charge in [0.2, 0.25) is 0 Å². The van der Waals surface area contributed by atoms with Crippen molar-refractivity contribution in [3.05, 3.63) is 23.3 Å². The number of hydrogen-bond donors (Lipinski definition) is 1. The molecule has 24 heavy (non-hydrogen) atoms. The summed E-state index contributed by atoms with van der Waals surface area (Å²) in [5, 5.41) is 18.9. The first-order valence-electron chi connectivity index (χ1n) is 8.71. The summed E-state index contributed by atoms with van der Waals surface area (Å²) in [5.74, 6) is 0.494. The highest BCUT2D eigenvalue weighted by Crippen LogP contribution is 2.29. The Balaban J connectivity index is 2.42. The summed E-state index contributed by atoms with van der Waals surface area (Å²) >= 11 is 0. The van der Waals surface area contributed by atoms with Crippen LogP contribution in [0.3, 0.4) is 0 Å². The summed E-state index contributed by atoms with van der Waals surface area (Å²) in [7, 11) is 0. The van der Waals surface area contributed by atoms with Crippen LogP contribution >= 0.6 is 0 Å². The van der Waals surface area contributed by atoms with E-state index in [1.807, 2.05) is 20.8 Å². The minimum absolute atomic E-state index is 0.0200. The zero-order chi connectivity index (χ0) is 18.2.